The Morgan fingerprint density at radius 1 is 1.56 bits per heavy atom. The predicted octanol–water partition coefficient (Wildman–Crippen LogP) is 1.77. The van der Waals surface area contributed by atoms with Crippen LogP contribution in [0.4, 0.5) is 0 Å². The highest BCUT2D eigenvalue weighted by atomic mass is 16.5. The standard InChI is InChI=1S/C14H16N2O2/c1-10-2-3-12(7-15)6-13(10)18-9-14(17)16-8-11-4-5-11/h2-3,6,11H,4-5,8-9H2,1H3,(H,16,17). The number of benzene rings is 1. The van der Waals surface area contributed by atoms with Gasteiger partial charge in [0.25, 0.3) is 5.91 Å². The Hall–Kier alpha value is -2.02. The van der Waals surface area contributed by atoms with Gasteiger partial charge in [0.15, 0.2) is 6.61 Å². The summed E-state index contributed by atoms with van der Waals surface area (Å²) in [6.45, 7) is 2.64. The zero-order valence-corrected chi connectivity index (χ0v) is 10.4. The van der Waals surface area contributed by atoms with Gasteiger partial charge in [-0.3, -0.25) is 4.79 Å². The number of carbonyl (C=O) groups is 1. The van der Waals surface area contributed by atoms with Crippen molar-refractivity contribution in [3.8, 4) is 11.8 Å². The van der Waals surface area contributed by atoms with Gasteiger partial charge in [-0.25, -0.2) is 0 Å². The van der Waals surface area contributed by atoms with Gasteiger partial charge in [0, 0.05) is 6.54 Å². The number of aryl methyl sites for hydroxylation is 1. The van der Waals surface area contributed by atoms with Crippen molar-refractivity contribution in [3.05, 3.63) is 29.3 Å². The maximum absolute atomic E-state index is 11.5. The molecule has 2 rings (SSSR count). The third-order valence-electron chi connectivity index (χ3n) is 2.96. The SMILES string of the molecule is Cc1ccc(C#N)cc1OCC(=O)NCC1CC1. The van der Waals surface area contributed by atoms with Gasteiger partial charge in [-0.15, -0.1) is 0 Å². The maximum atomic E-state index is 11.5. The summed E-state index contributed by atoms with van der Waals surface area (Å²) >= 11 is 0. The predicted molar refractivity (Wildman–Crippen MR) is 67.1 cm³/mol. The van der Waals surface area contributed by atoms with E-state index in [1.165, 1.54) is 12.8 Å². The van der Waals surface area contributed by atoms with Gasteiger partial charge >= 0.3 is 0 Å². The van der Waals surface area contributed by atoms with Crippen LogP contribution in [0.2, 0.25) is 0 Å². The van der Waals surface area contributed by atoms with E-state index in [4.69, 9.17) is 10.00 Å². The van der Waals surface area contributed by atoms with E-state index in [2.05, 4.69) is 11.4 Å². The van der Waals surface area contributed by atoms with Crippen LogP contribution in [-0.2, 0) is 4.79 Å². The van der Waals surface area contributed by atoms with Crippen molar-refractivity contribution in [2.24, 2.45) is 5.92 Å². The average Bonchev–Trinajstić information content (AvgIpc) is 3.19. The summed E-state index contributed by atoms with van der Waals surface area (Å²) in [7, 11) is 0. The molecule has 18 heavy (non-hydrogen) atoms. The highest BCUT2D eigenvalue weighted by molar-refractivity contribution is 5.77. The monoisotopic (exact) mass is 244 g/mol. The van der Waals surface area contributed by atoms with Gasteiger partial charge in [0.2, 0.25) is 0 Å². The van der Waals surface area contributed by atoms with Crippen LogP contribution in [0.15, 0.2) is 18.2 Å². The lowest BCUT2D eigenvalue weighted by molar-refractivity contribution is -0.123. The van der Waals surface area contributed by atoms with Gasteiger partial charge in [-0.2, -0.15) is 5.26 Å². The van der Waals surface area contributed by atoms with Gasteiger partial charge in [0.05, 0.1) is 11.6 Å². The fourth-order valence-corrected chi connectivity index (χ4v) is 1.60. The summed E-state index contributed by atoms with van der Waals surface area (Å²) in [5, 5.41) is 11.6. The van der Waals surface area contributed by atoms with Gasteiger partial charge < -0.3 is 10.1 Å². The lowest BCUT2D eigenvalue weighted by atomic mass is 10.1. The molecule has 94 valence electrons. The molecule has 1 fully saturated rings. The minimum atomic E-state index is -0.108. The van der Waals surface area contributed by atoms with E-state index in [9.17, 15) is 4.79 Å². The molecule has 1 aromatic rings. The smallest absolute Gasteiger partial charge is 0.257 e. The second-order valence-corrected chi connectivity index (χ2v) is 4.63. The Balaban J connectivity index is 1.84. The number of amides is 1. The number of nitrogens with one attached hydrogen (secondary N) is 1. The van der Waals surface area contributed by atoms with E-state index in [-0.39, 0.29) is 12.5 Å². The number of rotatable bonds is 5. The summed E-state index contributed by atoms with van der Waals surface area (Å²) in [5.74, 6) is 1.15. The molecule has 0 aliphatic heterocycles. The summed E-state index contributed by atoms with van der Waals surface area (Å²) in [4.78, 5) is 11.5. The summed E-state index contributed by atoms with van der Waals surface area (Å²) in [6.07, 6.45) is 2.43. The fraction of sp³-hybridized carbons (Fsp3) is 0.429. The topological polar surface area (TPSA) is 62.1 Å². The second kappa shape index (κ2) is 5.54. The number of hydrogen-bond acceptors (Lipinski definition) is 3. The molecule has 0 atom stereocenters. The normalized spacial score (nSPS) is 13.8. The first kappa shape index (κ1) is 12.4. The van der Waals surface area contributed by atoms with Crippen molar-refractivity contribution in [2.75, 3.05) is 13.2 Å². The van der Waals surface area contributed by atoms with E-state index < -0.39 is 0 Å². The van der Waals surface area contributed by atoms with E-state index in [1.807, 2.05) is 13.0 Å². The zero-order valence-electron chi connectivity index (χ0n) is 10.4. The quantitative estimate of drug-likeness (QED) is 0.858. The molecule has 0 radical (unpaired) electrons. The molecule has 1 N–H and O–H groups in total. The molecule has 1 amide bonds. The molecule has 4 nitrogen and oxygen atoms in total. The highest BCUT2D eigenvalue weighted by Gasteiger charge is 2.21. The first-order chi connectivity index (χ1) is 8.69. The van der Waals surface area contributed by atoms with Gasteiger partial charge in [-0.1, -0.05) is 6.07 Å². The molecule has 1 aliphatic rings. The number of hydrogen-bond donors (Lipinski definition) is 1. The molecule has 0 heterocycles. The molecule has 0 bridgehead atoms. The van der Waals surface area contributed by atoms with Crippen LogP contribution in [0.3, 0.4) is 0 Å². The van der Waals surface area contributed by atoms with E-state index in [1.54, 1.807) is 12.1 Å². The van der Waals surface area contributed by atoms with Crippen molar-refractivity contribution in [1.29, 1.82) is 5.26 Å². The summed E-state index contributed by atoms with van der Waals surface area (Å²) < 4.78 is 5.43. The largest absolute Gasteiger partial charge is 0.483 e. The summed E-state index contributed by atoms with van der Waals surface area (Å²) in [5.41, 5.74) is 1.46. The lowest BCUT2D eigenvalue weighted by Gasteiger charge is -2.09. The fourth-order valence-electron chi connectivity index (χ4n) is 1.60. The Labute approximate surface area is 107 Å². The van der Waals surface area contributed by atoms with Crippen molar-refractivity contribution >= 4 is 5.91 Å². The van der Waals surface area contributed by atoms with Crippen molar-refractivity contribution in [3.63, 3.8) is 0 Å². The first-order valence-corrected chi connectivity index (χ1v) is 6.09. The Kier molecular flexibility index (Phi) is 3.83. The van der Waals surface area contributed by atoms with E-state index >= 15 is 0 Å². The Bertz CT molecular complexity index is 487. The van der Waals surface area contributed by atoms with E-state index in [0.29, 0.717) is 17.2 Å². The van der Waals surface area contributed by atoms with Crippen LogP contribution in [0.1, 0.15) is 24.0 Å². The molecule has 4 heteroatoms. The van der Waals surface area contributed by atoms with Crippen LogP contribution in [0.25, 0.3) is 0 Å². The molecule has 0 saturated heterocycles. The third kappa shape index (κ3) is 3.49. The van der Waals surface area contributed by atoms with Crippen LogP contribution in [-0.4, -0.2) is 19.1 Å². The first-order valence-electron chi connectivity index (χ1n) is 6.09. The summed E-state index contributed by atoms with van der Waals surface area (Å²) in [6, 6.07) is 7.25. The molecule has 1 aromatic carbocycles. The minimum Gasteiger partial charge on any atom is -0.483 e. The molecule has 1 saturated carbocycles. The van der Waals surface area contributed by atoms with Gasteiger partial charge in [-0.05, 0) is 43.4 Å². The lowest BCUT2D eigenvalue weighted by Crippen LogP contribution is -2.30. The maximum Gasteiger partial charge on any atom is 0.257 e. The molecular formula is C14H16N2O2. The van der Waals surface area contributed by atoms with Crippen molar-refractivity contribution in [2.45, 2.75) is 19.8 Å². The van der Waals surface area contributed by atoms with Crippen molar-refractivity contribution in [1.82, 2.24) is 5.32 Å². The van der Waals surface area contributed by atoms with Gasteiger partial charge in [0.1, 0.15) is 5.75 Å². The zero-order chi connectivity index (χ0) is 13.0. The average molecular weight is 244 g/mol. The molecule has 0 unspecified atom stereocenters. The Morgan fingerprint density at radius 3 is 3.00 bits per heavy atom. The minimum absolute atomic E-state index is 0.00242. The number of ether oxygens (including phenoxy) is 1. The second-order valence-electron chi connectivity index (χ2n) is 4.63. The van der Waals surface area contributed by atoms with Crippen LogP contribution < -0.4 is 10.1 Å². The number of carbonyl (C=O) groups excluding carboxylic acids is 1. The molecular weight excluding hydrogens is 228 g/mol. The Morgan fingerprint density at radius 2 is 2.33 bits per heavy atom. The molecule has 0 aromatic heterocycles. The number of nitrogens with zero attached hydrogens (tertiary/aromatic N) is 1. The van der Waals surface area contributed by atoms with Crippen LogP contribution in [0.5, 0.6) is 5.75 Å². The van der Waals surface area contributed by atoms with E-state index in [0.717, 1.165) is 12.1 Å². The molecule has 1 aliphatic carbocycles. The van der Waals surface area contributed by atoms with Crippen molar-refractivity contribution < 1.29 is 9.53 Å². The third-order valence-corrected chi connectivity index (χ3v) is 2.96. The highest BCUT2D eigenvalue weighted by Crippen LogP contribution is 2.27. The molecule has 0 spiro atoms. The van der Waals surface area contributed by atoms with Crippen LogP contribution in [0, 0.1) is 24.2 Å². The van der Waals surface area contributed by atoms with Crippen LogP contribution >= 0.6 is 0 Å². The number of nitriles is 1.